The van der Waals surface area contributed by atoms with E-state index < -0.39 is 9.84 Å². The minimum atomic E-state index is -2.90. The van der Waals surface area contributed by atoms with Crippen LogP contribution < -0.4 is 4.90 Å². The van der Waals surface area contributed by atoms with E-state index in [0.717, 1.165) is 58.9 Å². The van der Waals surface area contributed by atoms with Gasteiger partial charge in [-0.1, -0.05) is 23.7 Å². The molecule has 2 aliphatic rings. The molecular weight excluding hydrogens is 480 g/mol. The zero-order chi connectivity index (χ0) is 22.8. The molecule has 1 aromatic heterocycles. The monoisotopic (exact) mass is 504 g/mol. The Hall–Kier alpha value is -2.00. The van der Waals surface area contributed by atoms with E-state index in [-0.39, 0.29) is 17.4 Å². The van der Waals surface area contributed by atoms with Crippen molar-refractivity contribution in [2.75, 3.05) is 42.7 Å². The molecule has 2 aromatic carbocycles. The van der Waals surface area contributed by atoms with E-state index in [9.17, 15) is 8.42 Å². The molecule has 174 valence electrons. The smallest absolute Gasteiger partial charge is 0.199 e. The highest BCUT2D eigenvalue weighted by Gasteiger charge is 2.25. The fourth-order valence-electron chi connectivity index (χ4n) is 4.10. The molecule has 3 heterocycles. The Balaban J connectivity index is 1.42. The lowest BCUT2D eigenvalue weighted by Crippen LogP contribution is -2.40. The Kier molecular flexibility index (Phi) is 6.69. The highest BCUT2D eigenvalue weighted by Crippen LogP contribution is 2.40. The third-order valence-electron chi connectivity index (χ3n) is 6.06. The molecule has 0 spiro atoms. The van der Waals surface area contributed by atoms with Crippen molar-refractivity contribution >= 4 is 38.9 Å². The summed E-state index contributed by atoms with van der Waals surface area (Å²) in [4.78, 5) is 8.06. The van der Waals surface area contributed by atoms with Gasteiger partial charge in [-0.2, -0.15) is 0 Å². The molecular formula is C24H25ClN2O4S2. The second kappa shape index (κ2) is 9.70. The molecule has 0 radical (unpaired) electrons. The lowest BCUT2D eigenvalue weighted by atomic mass is 10.0. The van der Waals surface area contributed by atoms with Gasteiger partial charge >= 0.3 is 0 Å². The van der Waals surface area contributed by atoms with Crippen molar-refractivity contribution in [2.45, 2.75) is 28.7 Å². The molecule has 33 heavy (non-hydrogen) atoms. The molecule has 2 saturated heterocycles. The molecule has 0 aliphatic carbocycles. The summed E-state index contributed by atoms with van der Waals surface area (Å²) in [6.07, 6.45) is 1.81. The van der Waals surface area contributed by atoms with E-state index in [0.29, 0.717) is 18.1 Å². The standard InChI is InChI=1S/C24H25ClN2O4S2/c25-19-3-7-21(8-4-19)32-24-22(26-23(31-24)18-9-13-30-14-10-18)17-1-5-20(6-2-17)27-11-15-33(28,29)16-12-27/h1-8,18H,9-16H2. The van der Waals surface area contributed by atoms with Crippen LogP contribution in [0.5, 0.6) is 0 Å². The van der Waals surface area contributed by atoms with Crippen LogP contribution in [0.15, 0.2) is 62.9 Å². The zero-order valence-corrected chi connectivity index (χ0v) is 20.5. The molecule has 0 saturated carbocycles. The average Bonchev–Trinajstić information content (AvgIpc) is 3.25. The summed E-state index contributed by atoms with van der Waals surface area (Å²) in [6.45, 7) is 2.50. The van der Waals surface area contributed by atoms with Gasteiger partial charge in [-0.05, 0) is 61.0 Å². The molecule has 5 rings (SSSR count). The summed E-state index contributed by atoms with van der Waals surface area (Å²) < 4.78 is 35.3. The van der Waals surface area contributed by atoms with Crippen LogP contribution in [-0.2, 0) is 14.6 Å². The van der Waals surface area contributed by atoms with Crippen LogP contribution in [0.2, 0.25) is 5.02 Å². The van der Waals surface area contributed by atoms with Gasteiger partial charge < -0.3 is 14.1 Å². The van der Waals surface area contributed by atoms with Gasteiger partial charge in [0.2, 0.25) is 0 Å². The van der Waals surface area contributed by atoms with Crippen LogP contribution in [-0.4, -0.2) is 51.2 Å². The number of anilines is 1. The van der Waals surface area contributed by atoms with Crippen LogP contribution in [0.1, 0.15) is 24.7 Å². The molecule has 0 unspecified atom stereocenters. The molecule has 2 aliphatic heterocycles. The molecule has 6 nitrogen and oxygen atoms in total. The normalized spacial score (nSPS) is 19.0. The van der Waals surface area contributed by atoms with Crippen molar-refractivity contribution < 1.29 is 17.6 Å². The molecule has 3 aromatic rings. The number of hydrogen-bond donors (Lipinski definition) is 0. The van der Waals surface area contributed by atoms with Gasteiger partial charge in [0.05, 0.1) is 11.5 Å². The Bertz CT molecular complexity index is 1190. The molecule has 2 fully saturated rings. The molecule has 9 heteroatoms. The predicted molar refractivity (Wildman–Crippen MR) is 131 cm³/mol. The minimum absolute atomic E-state index is 0.203. The van der Waals surface area contributed by atoms with Gasteiger partial charge in [0.1, 0.15) is 5.69 Å². The number of aromatic nitrogens is 1. The van der Waals surface area contributed by atoms with Crippen LogP contribution >= 0.6 is 23.4 Å². The first kappa shape index (κ1) is 22.8. The maximum absolute atomic E-state index is 11.7. The number of nitrogens with zero attached hydrogens (tertiary/aromatic N) is 2. The van der Waals surface area contributed by atoms with Crippen LogP contribution in [0.4, 0.5) is 5.69 Å². The van der Waals surface area contributed by atoms with E-state index in [1.165, 1.54) is 11.8 Å². The SMILES string of the molecule is O=S1(=O)CCN(c2ccc(-c3nc(C4CCOCC4)oc3Sc3ccc(Cl)cc3)cc2)CC1. The highest BCUT2D eigenvalue weighted by molar-refractivity contribution is 7.99. The molecule has 0 bridgehead atoms. The van der Waals surface area contributed by atoms with Gasteiger partial charge in [0.15, 0.2) is 20.8 Å². The van der Waals surface area contributed by atoms with Crippen LogP contribution in [0.3, 0.4) is 0 Å². The first-order valence-electron chi connectivity index (χ1n) is 11.0. The van der Waals surface area contributed by atoms with E-state index in [2.05, 4.69) is 4.90 Å². The predicted octanol–water partition coefficient (Wildman–Crippen LogP) is 5.28. The third-order valence-corrected chi connectivity index (χ3v) is 8.89. The van der Waals surface area contributed by atoms with Crippen molar-refractivity contribution in [2.24, 2.45) is 0 Å². The Morgan fingerprint density at radius 2 is 1.64 bits per heavy atom. The molecule has 0 atom stereocenters. The maximum atomic E-state index is 11.7. The van der Waals surface area contributed by atoms with Gasteiger partial charge in [0.25, 0.3) is 0 Å². The minimum Gasteiger partial charge on any atom is -0.433 e. The van der Waals surface area contributed by atoms with E-state index in [4.69, 9.17) is 25.7 Å². The number of rotatable bonds is 5. The number of benzene rings is 2. The van der Waals surface area contributed by atoms with Gasteiger partial charge in [-0.15, -0.1) is 0 Å². The number of ether oxygens (including phenoxy) is 1. The summed E-state index contributed by atoms with van der Waals surface area (Å²) in [5.74, 6) is 1.42. The van der Waals surface area contributed by atoms with Crippen molar-refractivity contribution in [1.82, 2.24) is 4.98 Å². The van der Waals surface area contributed by atoms with Crippen molar-refractivity contribution in [3.8, 4) is 11.3 Å². The first-order chi connectivity index (χ1) is 16.0. The number of oxazole rings is 1. The highest BCUT2D eigenvalue weighted by atomic mass is 35.5. The first-order valence-corrected chi connectivity index (χ1v) is 14.1. The number of sulfone groups is 1. The van der Waals surface area contributed by atoms with Crippen LogP contribution in [0, 0.1) is 0 Å². The summed E-state index contributed by atoms with van der Waals surface area (Å²) in [7, 11) is -2.90. The van der Waals surface area contributed by atoms with E-state index in [1.807, 2.05) is 48.5 Å². The Morgan fingerprint density at radius 3 is 2.30 bits per heavy atom. The number of halogens is 1. The second-order valence-electron chi connectivity index (χ2n) is 8.32. The van der Waals surface area contributed by atoms with Crippen molar-refractivity contribution in [3.63, 3.8) is 0 Å². The Labute approximate surface area is 203 Å². The van der Waals surface area contributed by atoms with E-state index >= 15 is 0 Å². The van der Waals surface area contributed by atoms with Gasteiger partial charge in [0, 0.05) is 53.4 Å². The summed E-state index contributed by atoms with van der Waals surface area (Å²) >= 11 is 7.59. The fraction of sp³-hybridized carbons (Fsp3) is 0.375. The maximum Gasteiger partial charge on any atom is 0.199 e. The second-order valence-corrected chi connectivity index (χ2v) is 12.1. The van der Waals surface area contributed by atoms with Crippen molar-refractivity contribution in [1.29, 1.82) is 0 Å². The number of hydrogen-bond acceptors (Lipinski definition) is 7. The van der Waals surface area contributed by atoms with Crippen molar-refractivity contribution in [3.05, 3.63) is 59.4 Å². The van der Waals surface area contributed by atoms with Gasteiger partial charge in [-0.3, -0.25) is 0 Å². The fourth-order valence-corrected chi connectivity index (χ4v) is 6.30. The van der Waals surface area contributed by atoms with Gasteiger partial charge in [-0.25, -0.2) is 13.4 Å². The Morgan fingerprint density at radius 1 is 0.970 bits per heavy atom. The summed E-state index contributed by atoms with van der Waals surface area (Å²) in [6, 6.07) is 15.8. The quantitative estimate of drug-likeness (QED) is 0.468. The molecule has 0 amide bonds. The molecule has 0 N–H and O–H groups in total. The lowest BCUT2D eigenvalue weighted by Gasteiger charge is -2.28. The summed E-state index contributed by atoms with van der Waals surface area (Å²) in [5.41, 5.74) is 2.82. The average molecular weight is 505 g/mol. The van der Waals surface area contributed by atoms with Crippen LogP contribution in [0.25, 0.3) is 11.3 Å². The zero-order valence-electron chi connectivity index (χ0n) is 18.1. The largest absolute Gasteiger partial charge is 0.433 e. The van der Waals surface area contributed by atoms with E-state index in [1.54, 1.807) is 0 Å². The lowest BCUT2D eigenvalue weighted by molar-refractivity contribution is 0.0786. The topological polar surface area (TPSA) is 72.6 Å². The third kappa shape index (κ3) is 5.40. The summed E-state index contributed by atoms with van der Waals surface area (Å²) in [5, 5.41) is 1.46.